The molecule has 0 saturated heterocycles. The average molecular weight is 349 g/mol. The van der Waals surface area contributed by atoms with E-state index in [1.54, 1.807) is 6.20 Å². The maximum Gasteiger partial charge on any atom is 0.127 e. The molecular weight excluding hydrogens is 328 g/mol. The van der Waals surface area contributed by atoms with E-state index in [1.165, 1.54) is 5.56 Å². The number of pyridine rings is 1. The van der Waals surface area contributed by atoms with Crippen LogP contribution in [0.25, 0.3) is 0 Å². The number of aromatic nitrogens is 1. The van der Waals surface area contributed by atoms with Crippen molar-refractivity contribution in [2.75, 3.05) is 6.54 Å². The summed E-state index contributed by atoms with van der Waals surface area (Å²) in [5.74, 6) is 0.973. The molecule has 0 bridgehead atoms. The second-order valence-electron chi connectivity index (χ2n) is 5.04. The molecule has 3 nitrogen and oxygen atoms in total. The largest absolute Gasteiger partial charge is 0.488 e. The van der Waals surface area contributed by atoms with E-state index >= 15 is 0 Å². The number of hydrogen-bond donors (Lipinski definition) is 1. The minimum absolute atomic E-state index is 0.526. The molecule has 21 heavy (non-hydrogen) atoms. The number of nitrogens with zero attached hydrogens (tertiary/aromatic N) is 1. The monoisotopic (exact) mass is 348 g/mol. The SMILES string of the molecule is CCCNCc1cccc(C)c1OCc1cncc(Br)c1. The van der Waals surface area contributed by atoms with Gasteiger partial charge in [-0.25, -0.2) is 0 Å². The standard InChI is InChI=1S/C17H21BrN2O/c1-3-7-19-10-15-6-4-5-13(2)17(15)21-12-14-8-16(18)11-20-9-14/h4-6,8-9,11,19H,3,7,10,12H2,1-2H3. The summed E-state index contributed by atoms with van der Waals surface area (Å²) in [6, 6.07) is 8.30. The lowest BCUT2D eigenvalue weighted by Crippen LogP contribution is -2.15. The number of benzene rings is 1. The molecule has 0 atom stereocenters. The number of nitrogens with one attached hydrogen (secondary N) is 1. The van der Waals surface area contributed by atoms with Crippen molar-refractivity contribution >= 4 is 15.9 Å². The zero-order chi connectivity index (χ0) is 15.1. The Kier molecular flexibility index (Phi) is 6.21. The average Bonchev–Trinajstić information content (AvgIpc) is 2.47. The minimum atomic E-state index is 0.526. The minimum Gasteiger partial charge on any atom is -0.488 e. The summed E-state index contributed by atoms with van der Waals surface area (Å²) in [6.07, 6.45) is 4.74. The van der Waals surface area contributed by atoms with Gasteiger partial charge < -0.3 is 10.1 Å². The van der Waals surface area contributed by atoms with E-state index in [-0.39, 0.29) is 0 Å². The van der Waals surface area contributed by atoms with Crippen molar-refractivity contribution in [1.29, 1.82) is 0 Å². The van der Waals surface area contributed by atoms with Gasteiger partial charge in [-0.1, -0.05) is 25.1 Å². The third-order valence-corrected chi connectivity index (χ3v) is 3.61. The van der Waals surface area contributed by atoms with Crippen molar-refractivity contribution < 1.29 is 4.74 Å². The molecular formula is C17H21BrN2O. The molecule has 0 unspecified atom stereocenters. The van der Waals surface area contributed by atoms with Crippen LogP contribution in [0.4, 0.5) is 0 Å². The number of para-hydroxylation sites is 1. The molecule has 1 aromatic heterocycles. The first-order chi connectivity index (χ1) is 10.2. The van der Waals surface area contributed by atoms with Crippen LogP contribution < -0.4 is 10.1 Å². The van der Waals surface area contributed by atoms with E-state index in [9.17, 15) is 0 Å². The van der Waals surface area contributed by atoms with Gasteiger partial charge in [0.2, 0.25) is 0 Å². The maximum absolute atomic E-state index is 6.04. The summed E-state index contributed by atoms with van der Waals surface area (Å²) in [6.45, 7) is 6.63. The zero-order valence-electron chi connectivity index (χ0n) is 12.5. The molecule has 0 radical (unpaired) electrons. The highest BCUT2D eigenvalue weighted by atomic mass is 79.9. The molecule has 0 spiro atoms. The Balaban J connectivity index is 2.07. The Morgan fingerprint density at radius 3 is 2.90 bits per heavy atom. The summed E-state index contributed by atoms with van der Waals surface area (Å²) < 4.78 is 7.01. The molecule has 0 aliphatic rings. The van der Waals surface area contributed by atoms with Crippen LogP contribution in [0.3, 0.4) is 0 Å². The molecule has 1 aromatic carbocycles. The van der Waals surface area contributed by atoms with E-state index in [1.807, 2.05) is 12.3 Å². The lowest BCUT2D eigenvalue weighted by atomic mass is 10.1. The third-order valence-electron chi connectivity index (χ3n) is 3.18. The number of halogens is 1. The first-order valence-corrected chi connectivity index (χ1v) is 8.01. The molecule has 2 aromatic rings. The first-order valence-electron chi connectivity index (χ1n) is 7.22. The van der Waals surface area contributed by atoms with Gasteiger partial charge in [-0.05, 0) is 47.4 Å². The highest BCUT2D eigenvalue weighted by Crippen LogP contribution is 2.24. The summed E-state index contributed by atoms with van der Waals surface area (Å²) in [5, 5.41) is 3.43. The Hall–Kier alpha value is -1.39. The number of rotatable bonds is 7. The Morgan fingerprint density at radius 2 is 2.14 bits per heavy atom. The molecule has 1 N–H and O–H groups in total. The summed E-state index contributed by atoms with van der Waals surface area (Å²) in [4.78, 5) is 4.16. The maximum atomic E-state index is 6.04. The Bertz CT molecular complexity index is 587. The van der Waals surface area contributed by atoms with Crippen LogP contribution in [-0.2, 0) is 13.2 Å². The highest BCUT2D eigenvalue weighted by molar-refractivity contribution is 9.10. The van der Waals surface area contributed by atoms with Crippen molar-refractivity contribution in [3.63, 3.8) is 0 Å². The normalized spacial score (nSPS) is 10.6. The zero-order valence-corrected chi connectivity index (χ0v) is 14.1. The van der Waals surface area contributed by atoms with Gasteiger partial charge in [0.05, 0.1) is 0 Å². The molecule has 0 aliphatic carbocycles. The van der Waals surface area contributed by atoms with Crippen molar-refractivity contribution in [2.45, 2.75) is 33.4 Å². The fourth-order valence-electron chi connectivity index (χ4n) is 2.15. The van der Waals surface area contributed by atoms with Crippen LogP contribution in [0.1, 0.15) is 30.0 Å². The molecule has 1 heterocycles. The van der Waals surface area contributed by atoms with Crippen molar-refractivity contribution in [1.82, 2.24) is 10.3 Å². The molecule has 0 fully saturated rings. The van der Waals surface area contributed by atoms with Crippen LogP contribution in [0.5, 0.6) is 5.75 Å². The topological polar surface area (TPSA) is 34.1 Å². The van der Waals surface area contributed by atoms with Gasteiger partial charge in [-0.15, -0.1) is 0 Å². The summed E-state index contributed by atoms with van der Waals surface area (Å²) >= 11 is 3.43. The fourth-order valence-corrected chi connectivity index (χ4v) is 2.56. The van der Waals surface area contributed by atoms with Crippen LogP contribution in [0.2, 0.25) is 0 Å². The van der Waals surface area contributed by atoms with Crippen LogP contribution in [0.15, 0.2) is 41.1 Å². The van der Waals surface area contributed by atoms with Gasteiger partial charge in [0.25, 0.3) is 0 Å². The van der Waals surface area contributed by atoms with Gasteiger partial charge in [0, 0.05) is 34.5 Å². The predicted octanol–water partition coefficient (Wildman–Crippen LogP) is 4.23. The van der Waals surface area contributed by atoms with Gasteiger partial charge in [0.1, 0.15) is 12.4 Å². The van der Waals surface area contributed by atoms with Gasteiger partial charge in [-0.2, -0.15) is 0 Å². The second kappa shape index (κ2) is 8.15. The Morgan fingerprint density at radius 1 is 1.29 bits per heavy atom. The van der Waals surface area contributed by atoms with Gasteiger partial charge in [0.15, 0.2) is 0 Å². The van der Waals surface area contributed by atoms with Crippen LogP contribution in [0, 0.1) is 6.92 Å². The molecule has 4 heteroatoms. The van der Waals surface area contributed by atoms with Crippen molar-refractivity contribution in [3.05, 3.63) is 57.8 Å². The quantitative estimate of drug-likeness (QED) is 0.760. The van der Waals surface area contributed by atoms with E-state index < -0.39 is 0 Å². The number of hydrogen-bond acceptors (Lipinski definition) is 3. The van der Waals surface area contributed by atoms with E-state index in [0.29, 0.717) is 6.61 Å². The molecule has 112 valence electrons. The number of ether oxygens (including phenoxy) is 1. The highest BCUT2D eigenvalue weighted by Gasteiger charge is 2.07. The molecule has 0 aliphatic heterocycles. The first kappa shape index (κ1) is 16.0. The molecule has 0 amide bonds. The lowest BCUT2D eigenvalue weighted by molar-refractivity contribution is 0.299. The van der Waals surface area contributed by atoms with Crippen molar-refractivity contribution in [2.24, 2.45) is 0 Å². The van der Waals surface area contributed by atoms with E-state index in [4.69, 9.17) is 4.74 Å². The van der Waals surface area contributed by atoms with Gasteiger partial charge >= 0.3 is 0 Å². The summed E-state index contributed by atoms with van der Waals surface area (Å²) in [5.41, 5.74) is 3.42. The fraction of sp³-hybridized carbons (Fsp3) is 0.353. The van der Waals surface area contributed by atoms with E-state index in [0.717, 1.165) is 40.9 Å². The third kappa shape index (κ3) is 4.83. The van der Waals surface area contributed by atoms with Crippen LogP contribution >= 0.6 is 15.9 Å². The lowest BCUT2D eigenvalue weighted by Gasteiger charge is -2.14. The second-order valence-corrected chi connectivity index (χ2v) is 5.96. The number of aryl methyl sites for hydroxylation is 1. The van der Waals surface area contributed by atoms with Gasteiger partial charge in [-0.3, -0.25) is 4.98 Å². The van der Waals surface area contributed by atoms with E-state index in [2.05, 4.69) is 58.3 Å². The van der Waals surface area contributed by atoms with Crippen LogP contribution in [-0.4, -0.2) is 11.5 Å². The molecule has 2 rings (SSSR count). The smallest absolute Gasteiger partial charge is 0.127 e. The molecule has 0 saturated carbocycles. The van der Waals surface area contributed by atoms with Crippen molar-refractivity contribution in [3.8, 4) is 5.75 Å². The summed E-state index contributed by atoms with van der Waals surface area (Å²) in [7, 11) is 0. The predicted molar refractivity (Wildman–Crippen MR) is 89.4 cm³/mol. The Labute approximate surface area is 134 Å².